The summed E-state index contributed by atoms with van der Waals surface area (Å²) in [6.45, 7) is 0. The van der Waals surface area contributed by atoms with Crippen LogP contribution in [0.2, 0.25) is 0 Å². The second-order valence-electron chi connectivity index (χ2n) is 3.04. The highest BCUT2D eigenvalue weighted by atomic mass is 127. The Morgan fingerprint density at radius 2 is 2.00 bits per heavy atom. The van der Waals surface area contributed by atoms with Crippen molar-refractivity contribution in [3.8, 4) is 0 Å². The summed E-state index contributed by atoms with van der Waals surface area (Å²) < 4.78 is 66.3. The molecule has 1 heterocycles. The van der Waals surface area contributed by atoms with Crippen molar-refractivity contribution in [3.05, 3.63) is 26.6 Å². The van der Waals surface area contributed by atoms with Gasteiger partial charge in [0.15, 0.2) is 5.69 Å². The predicted octanol–water partition coefficient (Wildman–Crippen LogP) is 3.43. The molecule has 0 saturated heterocycles. The average Bonchev–Trinajstić information content (AvgIpc) is 2.25. The standard InChI is InChI=1S/C9H5F5INO2/c1-18-8(17)3-2-16-6(9(12,13)14)5(15)4(3)7(10)11/h2,7H,1H3. The van der Waals surface area contributed by atoms with Gasteiger partial charge in [0.05, 0.1) is 16.2 Å². The molecule has 0 aliphatic rings. The highest BCUT2D eigenvalue weighted by Crippen LogP contribution is 2.37. The number of pyridine rings is 1. The van der Waals surface area contributed by atoms with E-state index in [2.05, 4.69) is 9.72 Å². The Kier molecular flexibility index (Phi) is 4.46. The molecule has 1 aromatic rings. The molecule has 0 atom stereocenters. The molecule has 0 amide bonds. The summed E-state index contributed by atoms with van der Waals surface area (Å²) in [7, 11) is 0.933. The maximum absolute atomic E-state index is 12.7. The molecule has 9 heteroatoms. The summed E-state index contributed by atoms with van der Waals surface area (Å²) in [4.78, 5) is 14.2. The molecule has 100 valence electrons. The number of aromatic nitrogens is 1. The van der Waals surface area contributed by atoms with E-state index < -0.39 is 39.0 Å². The topological polar surface area (TPSA) is 39.2 Å². The SMILES string of the molecule is COC(=O)c1cnc(C(F)(F)F)c(I)c1C(F)F. The molecule has 0 bridgehead atoms. The summed E-state index contributed by atoms with van der Waals surface area (Å²) in [5.74, 6) is -1.16. The number of carbonyl (C=O) groups excluding carboxylic acids is 1. The highest BCUT2D eigenvalue weighted by molar-refractivity contribution is 14.1. The van der Waals surface area contributed by atoms with Gasteiger partial charge in [-0.1, -0.05) is 0 Å². The highest BCUT2D eigenvalue weighted by Gasteiger charge is 2.38. The second kappa shape index (κ2) is 5.33. The molecule has 1 rings (SSSR count). The van der Waals surface area contributed by atoms with Crippen molar-refractivity contribution in [3.63, 3.8) is 0 Å². The number of esters is 1. The normalized spacial score (nSPS) is 11.8. The monoisotopic (exact) mass is 381 g/mol. The Labute approximate surface area is 111 Å². The smallest absolute Gasteiger partial charge is 0.434 e. The van der Waals surface area contributed by atoms with E-state index in [1.165, 1.54) is 0 Å². The van der Waals surface area contributed by atoms with Gasteiger partial charge in [-0.05, 0) is 22.6 Å². The number of carbonyl (C=O) groups is 1. The Bertz CT molecular complexity index is 475. The van der Waals surface area contributed by atoms with Gasteiger partial charge in [0.1, 0.15) is 0 Å². The number of methoxy groups -OCH3 is 1. The minimum Gasteiger partial charge on any atom is -0.465 e. The summed E-state index contributed by atoms with van der Waals surface area (Å²) in [5, 5.41) is 0. The lowest BCUT2D eigenvalue weighted by Gasteiger charge is -2.14. The number of alkyl halides is 5. The lowest BCUT2D eigenvalue weighted by atomic mass is 10.1. The molecule has 0 aliphatic carbocycles. The summed E-state index contributed by atoms with van der Waals surface area (Å²) in [6, 6.07) is 0. The van der Waals surface area contributed by atoms with E-state index in [4.69, 9.17) is 0 Å². The maximum atomic E-state index is 12.7. The van der Waals surface area contributed by atoms with Crippen LogP contribution in [0.25, 0.3) is 0 Å². The predicted molar refractivity (Wildman–Crippen MR) is 58.3 cm³/mol. The Morgan fingerprint density at radius 1 is 1.44 bits per heavy atom. The van der Waals surface area contributed by atoms with E-state index >= 15 is 0 Å². The number of nitrogens with zero attached hydrogens (tertiary/aromatic N) is 1. The van der Waals surface area contributed by atoms with Crippen LogP contribution in [-0.2, 0) is 10.9 Å². The zero-order valence-corrected chi connectivity index (χ0v) is 10.8. The van der Waals surface area contributed by atoms with Gasteiger partial charge in [0.2, 0.25) is 0 Å². The van der Waals surface area contributed by atoms with Crippen molar-refractivity contribution < 1.29 is 31.5 Å². The van der Waals surface area contributed by atoms with Gasteiger partial charge in [0.25, 0.3) is 6.43 Å². The Hall–Kier alpha value is -1.00. The van der Waals surface area contributed by atoms with Gasteiger partial charge < -0.3 is 4.74 Å². The summed E-state index contributed by atoms with van der Waals surface area (Å²) >= 11 is 1.09. The fourth-order valence-corrected chi connectivity index (χ4v) is 2.16. The van der Waals surface area contributed by atoms with Crippen LogP contribution in [-0.4, -0.2) is 18.1 Å². The number of hydrogen-bond acceptors (Lipinski definition) is 3. The van der Waals surface area contributed by atoms with Crippen LogP contribution in [0, 0.1) is 3.57 Å². The fourth-order valence-electron chi connectivity index (χ4n) is 1.18. The molecule has 3 nitrogen and oxygen atoms in total. The molecule has 18 heavy (non-hydrogen) atoms. The first-order valence-corrected chi connectivity index (χ1v) is 5.40. The van der Waals surface area contributed by atoms with E-state index in [0.717, 1.165) is 29.7 Å². The zero-order chi connectivity index (χ0) is 14.1. The van der Waals surface area contributed by atoms with Gasteiger partial charge in [-0.3, -0.25) is 0 Å². The quantitative estimate of drug-likeness (QED) is 0.448. The number of ether oxygens (including phenoxy) is 1. The van der Waals surface area contributed by atoms with Crippen molar-refractivity contribution in [2.75, 3.05) is 7.11 Å². The number of rotatable bonds is 2. The van der Waals surface area contributed by atoms with Crippen LogP contribution >= 0.6 is 22.6 Å². The molecule has 0 saturated carbocycles. The third kappa shape index (κ3) is 2.87. The molecule has 0 aliphatic heterocycles. The van der Waals surface area contributed by atoms with Crippen LogP contribution in [0.1, 0.15) is 28.0 Å². The van der Waals surface area contributed by atoms with Crippen molar-refractivity contribution in [1.29, 1.82) is 0 Å². The maximum Gasteiger partial charge on any atom is 0.434 e. The molecule has 0 radical (unpaired) electrons. The number of hydrogen-bond donors (Lipinski definition) is 0. The minimum atomic E-state index is -4.87. The molecule has 0 N–H and O–H groups in total. The number of halogens is 6. The summed E-state index contributed by atoms with van der Waals surface area (Å²) in [5.41, 5.74) is -3.15. The first kappa shape index (κ1) is 15.1. The molecule has 0 spiro atoms. The minimum absolute atomic E-state index is 0.443. The fraction of sp³-hybridized carbons (Fsp3) is 0.333. The second-order valence-corrected chi connectivity index (χ2v) is 4.12. The van der Waals surface area contributed by atoms with Gasteiger partial charge in [-0.15, -0.1) is 0 Å². The van der Waals surface area contributed by atoms with Gasteiger partial charge in [-0.25, -0.2) is 18.6 Å². The molecule has 0 aromatic carbocycles. The third-order valence-electron chi connectivity index (χ3n) is 1.95. The van der Waals surface area contributed by atoms with Crippen LogP contribution in [0.15, 0.2) is 6.20 Å². The zero-order valence-electron chi connectivity index (χ0n) is 8.69. The molecule has 1 aromatic heterocycles. The molecular formula is C9H5F5INO2. The van der Waals surface area contributed by atoms with Crippen LogP contribution in [0.4, 0.5) is 22.0 Å². The molecular weight excluding hydrogens is 376 g/mol. The first-order chi connectivity index (χ1) is 8.20. The first-order valence-electron chi connectivity index (χ1n) is 4.32. The van der Waals surface area contributed by atoms with Gasteiger partial charge in [-0.2, -0.15) is 13.2 Å². The third-order valence-corrected chi connectivity index (χ3v) is 3.04. The largest absolute Gasteiger partial charge is 0.465 e. The lowest BCUT2D eigenvalue weighted by Crippen LogP contribution is -2.16. The van der Waals surface area contributed by atoms with Crippen molar-refractivity contribution in [2.24, 2.45) is 0 Å². The van der Waals surface area contributed by atoms with Gasteiger partial charge >= 0.3 is 12.1 Å². The van der Waals surface area contributed by atoms with Crippen molar-refractivity contribution in [1.82, 2.24) is 4.98 Å². The van der Waals surface area contributed by atoms with Crippen LogP contribution in [0.3, 0.4) is 0 Å². The summed E-state index contributed by atoms with van der Waals surface area (Å²) in [6.07, 6.45) is -7.66. The van der Waals surface area contributed by atoms with Gasteiger partial charge in [0, 0.05) is 11.8 Å². The van der Waals surface area contributed by atoms with E-state index in [9.17, 15) is 26.7 Å². The molecule has 0 fully saturated rings. The Balaban J connectivity index is 3.53. The van der Waals surface area contributed by atoms with Crippen LogP contribution < -0.4 is 0 Å². The van der Waals surface area contributed by atoms with Crippen molar-refractivity contribution >= 4 is 28.6 Å². The van der Waals surface area contributed by atoms with E-state index in [0.29, 0.717) is 6.20 Å². The average molecular weight is 381 g/mol. The lowest BCUT2D eigenvalue weighted by molar-refractivity contribution is -0.142. The Morgan fingerprint density at radius 3 is 2.39 bits per heavy atom. The van der Waals surface area contributed by atoms with E-state index in [1.807, 2.05) is 0 Å². The van der Waals surface area contributed by atoms with E-state index in [-0.39, 0.29) is 0 Å². The molecule has 0 unspecified atom stereocenters. The van der Waals surface area contributed by atoms with Crippen molar-refractivity contribution in [2.45, 2.75) is 12.6 Å². The van der Waals surface area contributed by atoms with E-state index in [1.54, 1.807) is 0 Å². The van der Waals surface area contributed by atoms with Crippen LogP contribution in [0.5, 0.6) is 0 Å².